The summed E-state index contributed by atoms with van der Waals surface area (Å²) < 4.78 is 0.946. The third-order valence-corrected chi connectivity index (χ3v) is 7.56. The maximum atomic E-state index is 13.0. The van der Waals surface area contributed by atoms with Crippen molar-refractivity contribution in [3.05, 3.63) is 64.3 Å². The van der Waals surface area contributed by atoms with Gasteiger partial charge in [-0.2, -0.15) is 0 Å². The molecule has 2 atom stereocenters. The van der Waals surface area contributed by atoms with Gasteiger partial charge in [0.25, 0.3) is 0 Å². The first-order valence-electron chi connectivity index (χ1n) is 8.61. The van der Waals surface area contributed by atoms with E-state index in [0.717, 1.165) is 26.7 Å². The summed E-state index contributed by atoms with van der Waals surface area (Å²) >= 11 is 15.7. The number of rotatable bonds is 2. The molecule has 4 nitrogen and oxygen atoms in total. The van der Waals surface area contributed by atoms with E-state index in [4.69, 9.17) is 23.2 Å². The highest BCUT2D eigenvalue weighted by Crippen LogP contribution is 2.49. The Bertz CT molecular complexity index is 1240. The Morgan fingerprint density at radius 3 is 2.71 bits per heavy atom. The molecule has 1 saturated heterocycles. The molecule has 1 aliphatic heterocycles. The molecule has 0 aliphatic carbocycles. The van der Waals surface area contributed by atoms with Crippen LogP contribution in [0.3, 0.4) is 0 Å². The molecule has 0 bridgehead atoms. The highest BCUT2D eigenvalue weighted by molar-refractivity contribution is 8.01. The van der Waals surface area contributed by atoms with E-state index in [9.17, 15) is 4.79 Å². The van der Waals surface area contributed by atoms with Gasteiger partial charge in [-0.05, 0) is 37.3 Å². The lowest BCUT2D eigenvalue weighted by Gasteiger charge is -2.22. The molecule has 0 saturated carbocycles. The van der Waals surface area contributed by atoms with Gasteiger partial charge in [-0.3, -0.25) is 9.69 Å². The minimum absolute atomic E-state index is 0.0179. The average Bonchev–Trinajstić information content (AvgIpc) is 3.21. The highest BCUT2D eigenvalue weighted by Gasteiger charge is 2.42. The molecule has 5 rings (SSSR count). The zero-order chi connectivity index (χ0) is 19.4. The number of halogens is 2. The van der Waals surface area contributed by atoms with E-state index in [1.807, 2.05) is 49.4 Å². The summed E-state index contributed by atoms with van der Waals surface area (Å²) in [4.78, 5) is 23.9. The predicted octanol–water partition coefficient (Wildman–Crippen LogP) is 6.32. The summed E-state index contributed by atoms with van der Waals surface area (Å²) in [7, 11) is 0. The fraction of sp³-hybridized carbons (Fsp3) is 0.150. The molecular formula is C20H13Cl2N3OS2. The first-order chi connectivity index (χ1) is 13.5. The molecule has 3 heterocycles. The third-order valence-electron chi connectivity index (χ3n) is 4.67. The molecule has 28 heavy (non-hydrogen) atoms. The number of thiazole rings is 1. The van der Waals surface area contributed by atoms with Crippen LogP contribution in [-0.4, -0.2) is 21.1 Å². The van der Waals surface area contributed by atoms with E-state index in [0.29, 0.717) is 15.3 Å². The van der Waals surface area contributed by atoms with Crippen molar-refractivity contribution in [3.8, 4) is 0 Å². The van der Waals surface area contributed by atoms with Gasteiger partial charge >= 0.3 is 0 Å². The maximum Gasteiger partial charge on any atom is 0.242 e. The number of carbonyl (C=O) groups excluding carboxylic acids is 1. The van der Waals surface area contributed by atoms with E-state index >= 15 is 0 Å². The van der Waals surface area contributed by atoms with Gasteiger partial charge in [-0.15, -0.1) is 11.8 Å². The average molecular weight is 446 g/mol. The van der Waals surface area contributed by atoms with Crippen molar-refractivity contribution in [1.82, 2.24) is 9.97 Å². The number of hydrogen-bond donors (Lipinski definition) is 0. The molecule has 1 amide bonds. The number of aromatic nitrogens is 2. The quantitative estimate of drug-likeness (QED) is 0.338. The van der Waals surface area contributed by atoms with Crippen LogP contribution in [0.2, 0.25) is 10.2 Å². The van der Waals surface area contributed by atoms with Crippen LogP contribution in [0.5, 0.6) is 0 Å². The summed E-state index contributed by atoms with van der Waals surface area (Å²) in [5, 5.41) is 2.23. The van der Waals surface area contributed by atoms with Crippen LogP contribution in [0.1, 0.15) is 17.9 Å². The van der Waals surface area contributed by atoms with Crippen LogP contribution in [0, 0.1) is 0 Å². The third kappa shape index (κ3) is 2.95. The smallest absolute Gasteiger partial charge is 0.242 e. The second kappa shape index (κ2) is 6.88. The van der Waals surface area contributed by atoms with E-state index in [1.165, 1.54) is 11.3 Å². The van der Waals surface area contributed by atoms with Crippen LogP contribution < -0.4 is 4.90 Å². The van der Waals surface area contributed by atoms with Gasteiger partial charge < -0.3 is 0 Å². The number of benzene rings is 2. The molecule has 2 aromatic heterocycles. The summed E-state index contributed by atoms with van der Waals surface area (Å²) in [6.45, 7) is 1.91. The number of hydrogen-bond acceptors (Lipinski definition) is 5. The molecule has 1 fully saturated rings. The number of thioether (sulfide) groups is 1. The molecule has 0 N–H and O–H groups in total. The summed E-state index contributed by atoms with van der Waals surface area (Å²) in [5.41, 5.74) is 2.48. The summed E-state index contributed by atoms with van der Waals surface area (Å²) in [6, 6.07) is 15.4. The van der Waals surface area contributed by atoms with Crippen molar-refractivity contribution in [1.29, 1.82) is 0 Å². The SMILES string of the molecule is CC1SC(c2cc3ccccc3nc2Cl)N(c2nc3ccc(Cl)cc3s2)C1=O. The van der Waals surface area contributed by atoms with Gasteiger partial charge in [-0.25, -0.2) is 9.97 Å². The Morgan fingerprint density at radius 1 is 1.04 bits per heavy atom. The molecule has 0 spiro atoms. The first kappa shape index (κ1) is 18.2. The van der Waals surface area contributed by atoms with Crippen molar-refractivity contribution in [3.63, 3.8) is 0 Å². The van der Waals surface area contributed by atoms with E-state index in [2.05, 4.69) is 9.97 Å². The first-order valence-corrected chi connectivity index (χ1v) is 11.1. The Balaban J connectivity index is 1.65. The van der Waals surface area contributed by atoms with E-state index in [1.54, 1.807) is 22.7 Å². The topological polar surface area (TPSA) is 46.1 Å². The normalized spacial score (nSPS) is 19.8. The zero-order valence-corrected chi connectivity index (χ0v) is 17.7. The fourth-order valence-corrected chi connectivity index (χ4v) is 6.23. The van der Waals surface area contributed by atoms with Crippen molar-refractivity contribution in [2.24, 2.45) is 0 Å². The largest absolute Gasteiger partial charge is 0.273 e. The number of amides is 1. The lowest BCUT2D eigenvalue weighted by Crippen LogP contribution is -2.30. The van der Waals surface area contributed by atoms with Crippen LogP contribution in [-0.2, 0) is 4.79 Å². The zero-order valence-electron chi connectivity index (χ0n) is 14.6. The number of para-hydroxylation sites is 1. The lowest BCUT2D eigenvalue weighted by atomic mass is 10.1. The Morgan fingerprint density at radius 2 is 1.86 bits per heavy atom. The van der Waals surface area contributed by atoms with Gasteiger partial charge in [0, 0.05) is 16.0 Å². The van der Waals surface area contributed by atoms with Gasteiger partial charge in [0.15, 0.2) is 5.13 Å². The predicted molar refractivity (Wildman–Crippen MR) is 119 cm³/mol. The van der Waals surface area contributed by atoms with Crippen LogP contribution in [0.15, 0.2) is 48.5 Å². The van der Waals surface area contributed by atoms with Crippen molar-refractivity contribution in [2.75, 3.05) is 4.90 Å². The van der Waals surface area contributed by atoms with Gasteiger partial charge in [-0.1, -0.05) is 52.7 Å². The number of fused-ring (bicyclic) bond motifs is 2. The van der Waals surface area contributed by atoms with Gasteiger partial charge in [0.1, 0.15) is 10.5 Å². The standard InChI is InChI=1S/C20H13Cl2N3OS2/c1-10-18(26)25(20-24-15-7-6-12(21)9-16(15)28-20)19(27-10)13-8-11-4-2-3-5-14(11)23-17(13)22/h2-10,19H,1H3. The van der Waals surface area contributed by atoms with Crippen LogP contribution >= 0.6 is 46.3 Å². The number of anilines is 1. The van der Waals surface area contributed by atoms with Crippen LogP contribution in [0.4, 0.5) is 5.13 Å². The number of nitrogens with zero attached hydrogens (tertiary/aromatic N) is 3. The molecule has 4 aromatic rings. The summed E-state index contributed by atoms with van der Waals surface area (Å²) in [6.07, 6.45) is 0. The highest BCUT2D eigenvalue weighted by atomic mass is 35.5. The van der Waals surface area contributed by atoms with Gasteiger partial charge in [0.05, 0.1) is 21.0 Å². The van der Waals surface area contributed by atoms with Crippen molar-refractivity contribution >= 4 is 78.5 Å². The molecule has 140 valence electrons. The molecule has 8 heteroatoms. The van der Waals surface area contributed by atoms with E-state index in [-0.39, 0.29) is 16.5 Å². The maximum absolute atomic E-state index is 13.0. The Kier molecular flexibility index (Phi) is 4.47. The number of carbonyl (C=O) groups is 1. The molecule has 2 unspecified atom stereocenters. The summed E-state index contributed by atoms with van der Waals surface area (Å²) in [5.74, 6) is 0.0179. The number of pyridine rings is 1. The Labute approximate surface area is 179 Å². The lowest BCUT2D eigenvalue weighted by molar-refractivity contribution is -0.117. The molecular weight excluding hydrogens is 433 g/mol. The van der Waals surface area contributed by atoms with Crippen LogP contribution in [0.25, 0.3) is 21.1 Å². The molecule has 0 radical (unpaired) electrons. The van der Waals surface area contributed by atoms with Gasteiger partial charge in [0.2, 0.25) is 5.91 Å². The van der Waals surface area contributed by atoms with E-state index < -0.39 is 0 Å². The van der Waals surface area contributed by atoms with Crippen molar-refractivity contribution < 1.29 is 4.79 Å². The fourth-order valence-electron chi connectivity index (χ4n) is 3.30. The second-order valence-electron chi connectivity index (χ2n) is 6.51. The minimum Gasteiger partial charge on any atom is -0.273 e. The minimum atomic E-state index is -0.275. The second-order valence-corrected chi connectivity index (χ2v) is 9.74. The Hall–Kier alpha value is -1.86. The molecule has 2 aromatic carbocycles. The van der Waals surface area contributed by atoms with Crippen molar-refractivity contribution in [2.45, 2.75) is 17.5 Å². The molecule has 1 aliphatic rings. The monoisotopic (exact) mass is 445 g/mol.